The molecule has 1 aromatic carbocycles. The van der Waals surface area contributed by atoms with E-state index >= 15 is 0 Å². The minimum Gasteiger partial charge on any atom is -0.400 e. The average molecular weight is 292 g/mol. The third-order valence-electron chi connectivity index (χ3n) is 3.41. The number of ether oxygens (including phenoxy) is 1. The van der Waals surface area contributed by atoms with Crippen molar-refractivity contribution in [2.75, 3.05) is 0 Å². The van der Waals surface area contributed by atoms with Crippen LogP contribution in [0.3, 0.4) is 0 Å². The fourth-order valence-corrected chi connectivity index (χ4v) is 2.14. The lowest BCUT2D eigenvalue weighted by Gasteiger charge is -2.04. The van der Waals surface area contributed by atoms with Gasteiger partial charge in [0.1, 0.15) is 5.69 Å². The Morgan fingerprint density at radius 2 is 1.86 bits per heavy atom. The second-order valence-corrected chi connectivity index (χ2v) is 5.37. The van der Waals surface area contributed by atoms with Gasteiger partial charge in [0.2, 0.25) is 5.90 Å². The Morgan fingerprint density at radius 3 is 2.50 bits per heavy atom. The van der Waals surface area contributed by atoms with E-state index in [1.807, 2.05) is 18.2 Å². The van der Waals surface area contributed by atoms with Gasteiger partial charge < -0.3 is 4.74 Å². The first kappa shape index (κ1) is 14.2. The van der Waals surface area contributed by atoms with Crippen LogP contribution in [0.4, 0.5) is 0 Å². The van der Waals surface area contributed by atoms with E-state index in [1.54, 1.807) is 24.4 Å². The van der Waals surface area contributed by atoms with Gasteiger partial charge in [0.05, 0.1) is 0 Å². The monoisotopic (exact) mass is 292 g/mol. The first-order valence-electron chi connectivity index (χ1n) is 7.17. The predicted octanol–water partition coefficient (Wildman–Crippen LogP) is 3.55. The molecule has 2 aromatic rings. The number of hydrogen-bond acceptors (Lipinski definition) is 4. The van der Waals surface area contributed by atoms with Crippen LogP contribution in [-0.4, -0.2) is 16.9 Å². The quantitative estimate of drug-likeness (QED) is 0.642. The summed E-state index contributed by atoms with van der Waals surface area (Å²) in [5.41, 5.74) is 3.02. The molecule has 0 unspecified atom stereocenters. The number of carbonyl (C=O) groups is 1. The molecule has 0 atom stereocenters. The van der Waals surface area contributed by atoms with E-state index in [1.165, 1.54) is 5.56 Å². The molecule has 1 aliphatic heterocycles. The highest BCUT2D eigenvalue weighted by molar-refractivity contribution is 6.12. The molecule has 0 spiro atoms. The van der Waals surface area contributed by atoms with Crippen LogP contribution < -0.4 is 0 Å². The molecule has 0 saturated carbocycles. The summed E-state index contributed by atoms with van der Waals surface area (Å²) in [4.78, 5) is 20.3. The summed E-state index contributed by atoms with van der Waals surface area (Å²) in [6, 6.07) is 13.4. The van der Waals surface area contributed by atoms with Gasteiger partial charge in [-0.25, -0.2) is 9.79 Å². The number of esters is 1. The summed E-state index contributed by atoms with van der Waals surface area (Å²) < 4.78 is 5.17. The molecule has 0 N–H and O–H groups in total. The fourth-order valence-electron chi connectivity index (χ4n) is 2.14. The van der Waals surface area contributed by atoms with E-state index in [4.69, 9.17) is 4.74 Å². The summed E-state index contributed by atoms with van der Waals surface area (Å²) >= 11 is 0. The van der Waals surface area contributed by atoms with Crippen molar-refractivity contribution in [2.24, 2.45) is 4.99 Å². The van der Waals surface area contributed by atoms with Crippen LogP contribution in [0.2, 0.25) is 0 Å². The van der Waals surface area contributed by atoms with Crippen molar-refractivity contribution in [3.05, 3.63) is 71.2 Å². The molecule has 0 saturated heterocycles. The number of rotatable bonds is 3. The summed E-state index contributed by atoms with van der Waals surface area (Å²) in [5.74, 6) is 0.274. The zero-order valence-corrected chi connectivity index (χ0v) is 12.5. The highest BCUT2D eigenvalue weighted by Gasteiger charge is 2.24. The second-order valence-electron chi connectivity index (χ2n) is 5.37. The molecule has 4 heteroatoms. The van der Waals surface area contributed by atoms with Gasteiger partial charge >= 0.3 is 5.97 Å². The Bertz CT molecular complexity index is 744. The largest absolute Gasteiger partial charge is 0.400 e. The van der Waals surface area contributed by atoms with Crippen LogP contribution >= 0.6 is 0 Å². The molecule has 1 aromatic heterocycles. The normalized spacial score (nSPS) is 16.0. The first-order valence-corrected chi connectivity index (χ1v) is 7.17. The van der Waals surface area contributed by atoms with Crippen LogP contribution in [0.5, 0.6) is 0 Å². The van der Waals surface area contributed by atoms with Gasteiger partial charge in [-0.3, -0.25) is 4.98 Å². The molecule has 3 rings (SSSR count). The lowest BCUT2D eigenvalue weighted by atomic mass is 10.0. The Hall–Kier alpha value is -2.75. The number of aliphatic imine (C=N–C) groups is 1. The number of benzene rings is 1. The predicted molar refractivity (Wildman–Crippen MR) is 85.4 cm³/mol. The molecule has 4 nitrogen and oxygen atoms in total. The van der Waals surface area contributed by atoms with Crippen LogP contribution in [-0.2, 0) is 9.53 Å². The van der Waals surface area contributed by atoms with E-state index in [9.17, 15) is 4.79 Å². The highest BCUT2D eigenvalue weighted by atomic mass is 16.6. The second kappa shape index (κ2) is 5.93. The number of pyridine rings is 1. The summed E-state index contributed by atoms with van der Waals surface area (Å²) in [6.45, 7) is 4.29. The average Bonchev–Trinajstić information content (AvgIpc) is 2.90. The zero-order chi connectivity index (χ0) is 15.5. The molecular formula is C18H16N2O2. The number of hydrogen-bond donors (Lipinski definition) is 0. The molecule has 0 amide bonds. The van der Waals surface area contributed by atoms with Gasteiger partial charge in [0, 0.05) is 6.20 Å². The topological polar surface area (TPSA) is 51.6 Å². The summed E-state index contributed by atoms with van der Waals surface area (Å²) in [5, 5.41) is 0. The molecular weight excluding hydrogens is 276 g/mol. The Kier molecular flexibility index (Phi) is 3.83. The molecule has 0 bridgehead atoms. The lowest BCUT2D eigenvalue weighted by molar-refractivity contribution is -0.129. The number of aromatic nitrogens is 1. The fraction of sp³-hybridized carbons (Fsp3) is 0.167. The molecule has 0 radical (unpaired) electrons. The highest BCUT2D eigenvalue weighted by Crippen LogP contribution is 2.20. The van der Waals surface area contributed by atoms with E-state index < -0.39 is 5.97 Å². The van der Waals surface area contributed by atoms with Crippen molar-refractivity contribution in [1.29, 1.82) is 0 Å². The van der Waals surface area contributed by atoms with Gasteiger partial charge in [-0.1, -0.05) is 44.2 Å². The van der Waals surface area contributed by atoms with Gasteiger partial charge in [-0.2, -0.15) is 0 Å². The molecule has 1 aliphatic rings. The third-order valence-corrected chi connectivity index (χ3v) is 3.41. The van der Waals surface area contributed by atoms with E-state index in [-0.39, 0.29) is 11.6 Å². The van der Waals surface area contributed by atoms with Gasteiger partial charge in [0.25, 0.3) is 0 Å². The molecule has 22 heavy (non-hydrogen) atoms. The Labute approximate surface area is 129 Å². The first-order chi connectivity index (χ1) is 10.6. The molecule has 110 valence electrons. The zero-order valence-electron chi connectivity index (χ0n) is 12.5. The third kappa shape index (κ3) is 2.96. The van der Waals surface area contributed by atoms with E-state index in [2.05, 4.69) is 36.0 Å². The molecule has 2 heterocycles. The minimum atomic E-state index is -0.450. The smallest absolute Gasteiger partial charge is 0.363 e. The van der Waals surface area contributed by atoms with Crippen molar-refractivity contribution in [1.82, 2.24) is 4.98 Å². The lowest BCUT2D eigenvalue weighted by Crippen LogP contribution is -2.06. The van der Waals surface area contributed by atoms with Gasteiger partial charge in [-0.15, -0.1) is 0 Å². The Morgan fingerprint density at radius 1 is 1.09 bits per heavy atom. The maximum atomic E-state index is 11.9. The summed E-state index contributed by atoms with van der Waals surface area (Å²) in [6.07, 6.45) is 3.36. The number of carbonyl (C=O) groups excluding carboxylic acids is 1. The van der Waals surface area contributed by atoms with Crippen LogP contribution in [0.1, 0.15) is 36.6 Å². The van der Waals surface area contributed by atoms with Crippen molar-refractivity contribution >= 4 is 17.9 Å². The minimum absolute atomic E-state index is 0.246. The van der Waals surface area contributed by atoms with Gasteiger partial charge in [0.15, 0.2) is 5.70 Å². The number of nitrogens with zero attached hydrogens (tertiary/aromatic N) is 2. The Balaban J connectivity index is 1.87. The van der Waals surface area contributed by atoms with Crippen LogP contribution in [0, 0.1) is 0 Å². The van der Waals surface area contributed by atoms with E-state index in [0.29, 0.717) is 11.6 Å². The van der Waals surface area contributed by atoms with Crippen molar-refractivity contribution < 1.29 is 9.53 Å². The molecule has 0 aliphatic carbocycles. The van der Waals surface area contributed by atoms with E-state index in [0.717, 1.165) is 5.56 Å². The maximum Gasteiger partial charge on any atom is 0.363 e. The van der Waals surface area contributed by atoms with Gasteiger partial charge in [-0.05, 0) is 35.3 Å². The van der Waals surface area contributed by atoms with Crippen LogP contribution in [0.25, 0.3) is 6.08 Å². The number of cyclic esters (lactones) is 1. The van der Waals surface area contributed by atoms with Crippen molar-refractivity contribution in [3.63, 3.8) is 0 Å². The van der Waals surface area contributed by atoms with Crippen LogP contribution in [0.15, 0.2) is 59.4 Å². The van der Waals surface area contributed by atoms with Crippen molar-refractivity contribution in [2.45, 2.75) is 19.8 Å². The SMILES string of the molecule is CC(C)c1ccc(/C=C2/N=C(c3ccccn3)OC2=O)cc1. The standard InChI is InChI=1S/C18H16N2O2/c1-12(2)14-8-6-13(7-9-14)11-16-18(21)22-17(20-16)15-5-3-4-10-19-15/h3-12H,1-2H3/b16-11+. The molecule has 0 fully saturated rings. The summed E-state index contributed by atoms with van der Waals surface area (Å²) in [7, 11) is 0. The van der Waals surface area contributed by atoms with Crippen molar-refractivity contribution in [3.8, 4) is 0 Å². The maximum absolute atomic E-state index is 11.9.